The van der Waals surface area contributed by atoms with Crippen LogP contribution in [0.1, 0.15) is 22.3 Å². The molecule has 2 aliphatic carbocycles. The Morgan fingerprint density at radius 3 is 1.51 bits per heavy atom. The fourth-order valence-electron chi connectivity index (χ4n) is 11.7. The van der Waals surface area contributed by atoms with Crippen molar-refractivity contribution in [2.24, 2.45) is 0 Å². The van der Waals surface area contributed by atoms with Crippen LogP contribution in [0.15, 0.2) is 253 Å². The first-order chi connectivity index (χ1) is 33.3. The van der Waals surface area contributed by atoms with Gasteiger partial charge in [-0.3, -0.25) is 0 Å². The summed E-state index contributed by atoms with van der Waals surface area (Å²) in [6, 6.07) is 90.9. The van der Waals surface area contributed by atoms with Crippen molar-refractivity contribution in [3.05, 3.63) is 271 Å². The third-order valence-corrected chi connectivity index (χ3v) is 14.5. The number of anilines is 3. The summed E-state index contributed by atoms with van der Waals surface area (Å²) >= 11 is 0. The largest absolute Gasteiger partial charge is 0.455 e. The van der Waals surface area contributed by atoms with Crippen LogP contribution in [0.5, 0.6) is 0 Å². The number of hydrogen-bond acceptors (Lipinski definition) is 2. The van der Waals surface area contributed by atoms with E-state index in [1.807, 2.05) is 0 Å². The molecule has 1 spiro atoms. The molecule has 0 fully saturated rings. The Kier molecular flexibility index (Phi) is 8.23. The molecule has 11 aromatic carbocycles. The zero-order valence-corrected chi connectivity index (χ0v) is 36.5. The number of para-hydroxylation sites is 1. The number of fused-ring (bicyclic) bond motifs is 15. The van der Waals surface area contributed by atoms with E-state index in [1.165, 1.54) is 72.3 Å². The van der Waals surface area contributed by atoms with Gasteiger partial charge in [0.2, 0.25) is 0 Å². The van der Waals surface area contributed by atoms with Crippen molar-refractivity contribution >= 4 is 49.8 Å². The lowest BCUT2D eigenvalue weighted by atomic mass is 9.70. The summed E-state index contributed by atoms with van der Waals surface area (Å²) in [6.45, 7) is 0. The number of furan rings is 1. The molecule has 0 radical (unpaired) electrons. The van der Waals surface area contributed by atoms with E-state index in [-0.39, 0.29) is 5.41 Å². The molecule has 12 aromatic rings. The highest BCUT2D eigenvalue weighted by Crippen LogP contribution is 2.64. The average molecular weight is 852 g/mol. The first-order valence-corrected chi connectivity index (χ1v) is 23.2. The summed E-state index contributed by atoms with van der Waals surface area (Å²) < 4.78 is 6.90. The predicted molar refractivity (Wildman–Crippen MR) is 279 cm³/mol. The van der Waals surface area contributed by atoms with Crippen molar-refractivity contribution in [1.82, 2.24) is 0 Å². The Bertz CT molecular complexity index is 3860. The van der Waals surface area contributed by atoms with Crippen LogP contribution in [0.4, 0.5) is 17.1 Å². The maximum absolute atomic E-state index is 6.90. The molecular formula is C65H41NO. The molecule has 2 nitrogen and oxygen atoms in total. The highest BCUT2D eigenvalue weighted by Gasteiger charge is 2.52. The lowest BCUT2D eigenvalue weighted by molar-refractivity contribution is 0.672. The van der Waals surface area contributed by atoms with Gasteiger partial charge in [-0.15, -0.1) is 0 Å². The minimum atomic E-state index is -0.378. The van der Waals surface area contributed by atoms with E-state index in [0.717, 1.165) is 55.3 Å². The van der Waals surface area contributed by atoms with E-state index in [2.05, 4.69) is 254 Å². The minimum Gasteiger partial charge on any atom is -0.455 e. The minimum absolute atomic E-state index is 0.378. The van der Waals surface area contributed by atoms with Crippen molar-refractivity contribution in [2.45, 2.75) is 5.41 Å². The number of rotatable bonds is 6. The Hall–Kier alpha value is -8.72. The van der Waals surface area contributed by atoms with Gasteiger partial charge in [0.25, 0.3) is 0 Å². The zero-order valence-electron chi connectivity index (χ0n) is 36.5. The van der Waals surface area contributed by atoms with Gasteiger partial charge in [0.1, 0.15) is 11.2 Å². The molecular weight excluding hydrogens is 811 g/mol. The summed E-state index contributed by atoms with van der Waals surface area (Å²) in [5.74, 6) is 0. The Balaban J connectivity index is 0.926. The number of benzene rings is 11. The van der Waals surface area contributed by atoms with E-state index in [1.54, 1.807) is 0 Å². The quantitative estimate of drug-likeness (QED) is 0.166. The van der Waals surface area contributed by atoms with E-state index in [0.29, 0.717) is 0 Å². The van der Waals surface area contributed by atoms with Gasteiger partial charge in [-0.2, -0.15) is 0 Å². The van der Waals surface area contributed by atoms with Gasteiger partial charge in [-0.1, -0.05) is 206 Å². The lowest BCUT2D eigenvalue weighted by Gasteiger charge is -2.30. The second-order valence-corrected chi connectivity index (χ2v) is 17.9. The molecule has 1 heterocycles. The molecule has 2 heteroatoms. The molecule has 1 aromatic heterocycles. The van der Waals surface area contributed by atoms with Crippen LogP contribution in [0.3, 0.4) is 0 Å². The van der Waals surface area contributed by atoms with Gasteiger partial charge < -0.3 is 9.32 Å². The number of hydrogen-bond donors (Lipinski definition) is 0. The highest BCUT2D eigenvalue weighted by atomic mass is 16.3. The van der Waals surface area contributed by atoms with Gasteiger partial charge in [0, 0.05) is 22.1 Å². The average Bonchev–Trinajstić information content (AvgIpc) is 4.04. The van der Waals surface area contributed by atoms with Crippen molar-refractivity contribution in [1.29, 1.82) is 0 Å². The summed E-state index contributed by atoms with van der Waals surface area (Å²) in [7, 11) is 0. The van der Waals surface area contributed by atoms with Crippen molar-refractivity contribution in [3.63, 3.8) is 0 Å². The maximum atomic E-state index is 6.90. The molecule has 0 aliphatic heterocycles. The van der Waals surface area contributed by atoms with Crippen LogP contribution in [0.2, 0.25) is 0 Å². The summed E-state index contributed by atoms with van der Waals surface area (Å²) in [5.41, 5.74) is 22.5. The fraction of sp³-hybridized carbons (Fsp3) is 0.0154. The molecule has 0 N–H and O–H groups in total. The Labute approximate surface area is 389 Å². The molecule has 0 amide bonds. The van der Waals surface area contributed by atoms with Crippen molar-refractivity contribution in [3.8, 4) is 55.6 Å². The third-order valence-electron chi connectivity index (χ3n) is 14.5. The van der Waals surface area contributed by atoms with Crippen LogP contribution >= 0.6 is 0 Å². The van der Waals surface area contributed by atoms with E-state index in [4.69, 9.17) is 4.42 Å². The molecule has 0 atom stereocenters. The molecule has 312 valence electrons. The molecule has 0 unspecified atom stereocenters. The van der Waals surface area contributed by atoms with Crippen LogP contribution in [-0.2, 0) is 5.41 Å². The maximum Gasteiger partial charge on any atom is 0.143 e. The first kappa shape index (κ1) is 37.6. The first-order valence-electron chi connectivity index (χ1n) is 23.2. The summed E-state index contributed by atoms with van der Waals surface area (Å²) in [4.78, 5) is 2.36. The van der Waals surface area contributed by atoms with E-state index >= 15 is 0 Å². The third kappa shape index (κ3) is 5.45. The van der Waals surface area contributed by atoms with Gasteiger partial charge in [-0.25, -0.2) is 0 Å². The topological polar surface area (TPSA) is 16.4 Å². The molecule has 0 saturated heterocycles. The zero-order chi connectivity index (χ0) is 44.1. The SMILES string of the molecule is c1ccc(-c2ccc(N(c3ccccc3)c3cccc4oc5c6ccccc6c(-c6ccc(-c7cccc8c7-c7ccccc7C87c8ccccc8-c8ccccc87)cc6)cc5c34)cc2)cc1. The van der Waals surface area contributed by atoms with Crippen LogP contribution in [0, 0.1) is 0 Å². The molecule has 14 rings (SSSR count). The van der Waals surface area contributed by atoms with Crippen LogP contribution in [0.25, 0.3) is 88.3 Å². The molecule has 0 saturated carbocycles. The van der Waals surface area contributed by atoms with Gasteiger partial charge >= 0.3 is 0 Å². The number of nitrogens with zero attached hydrogens (tertiary/aromatic N) is 1. The lowest BCUT2D eigenvalue weighted by Crippen LogP contribution is -2.25. The van der Waals surface area contributed by atoms with E-state index in [9.17, 15) is 0 Å². The smallest absolute Gasteiger partial charge is 0.143 e. The standard InChI is InChI=1S/C65H41NO/c1-3-17-42(18-4-1)43-37-39-47(40-38-43)66(46-19-5-2-6-20-46)60-31-16-32-61-63(60)55-41-54(49-21-7-8-24-52(49)64(55)67-61)45-35-33-44(34-36-45)48-26-15-30-59-62(48)53-25-11-14-29-58(53)65(59)56-27-12-9-22-50(56)51-23-10-13-28-57(51)65/h1-41H. The normalized spacial score (nSPS) is 12.9. The van der Waals surface area contributed by atoms with Gasteiger partial charge in [-0.05, 0) is 126 Å². The second-order valence-electron chi connectivity index (χ2n) is 17.9. The van der Waals surface area contributed by atoms with Crippen molar-refractivity contribution in [2.75, 3.05) is 4.90 Å². The Morgan fingerprint density at radius 2 is 0.806 bits per heavy atom. The second kappa shape index (κ2) is 14.7. The molecule has 67 heavy (non-hydrogen) atoms. The predicted octanol–water partition coefficient (Wildman–Crippen LogP) is 17.6. The van der Waals surface area contributed by atoms with Gasteiger partial charge in [0.15, 0.2) is 0 Å². The van der Waals surface area contributed by atoms with Crippen molar-refractivity contribution < 1.29 is 4.42 Å². The van der Waals surface area contributed by atoms with Crippen LogP contribution < -0.4 is 4.90 Å². The molecule has 0 bridgehead atoms. The summed E-state index contributed by atoms with van der Waals surface area (Å²) in [6.07, 6.45) is 0. The van der Waals surface area contributed by atoms with Gasteiger partial charge in [0.05, 0.1) is 16.5 Å². The van der Waals surface area contributed by atoms with E-state index < -0.39 is 0 Å². The fourth-order valence-corrected chi connectivity index (χ4v) is 11.7. The summed E-state index contributed by atoms with van der Waals surface area (Å²) in [5, 5.41) is 4.43. The monoisotopic (exact) mass is 851 g/mol. The highest BCUT2D eigenvalue weighted by molar-refractivity contribution is 6.22. The Morgan fingerprint density at radius 1 is 0.313 bits per heavy atom. The molecule has 2 aliphatic rings. The van der Waals surface area contributed by atoms with Crippen LogP contribution in [-0.4, -0.2) is 0 Å².